The van der Waals surface area contributed by atoms with Crippen molar-refractivity contribution in [3.05, 3.63) is 40.4 Å². The van der Waals surface area contributed by atoms with Crippen LogP contribution in [0.1, 0.15) is 45.9 Å². The van der Waals surface area contributed by atoms with Crippen molar-refractivity contribution in [2.45, 2.75) is 52.6 Å². The maximum atomic E-state index is 12.6. The third kappa shape index (κ3) is 4.75. The summed E-state index contributed by atoms with van der Waals surface area (Å²) in [5.41, 5.74) is 0.571. The molecule has 3 rings (SSSR count). The smallest absolute Gasteiger partial charge is 0.275 e. The number of aromatic nitrogens is 2. The second kappa shape index (κ2) is 8.65. The van der Waals surface area contributed by atoms with Crippen LogP contribution in [-0.4, -0.2) is 35.0 Å². The van der Waals surface area contributed by atoms with Gasteiger partial charge in [0.05, 0.1) is 17.4 Å². The summed E-state index contributed by atoms with van der Waals surface area (Å²) < 4.78 is 0. The van der Waals surface area contributed by atoms with Gasteiger partial charge in [0.2, 0.25) is 0 Å². The number of nitrogens with one attached hydrogen (secondary N) is 3. The normalized spacial score (nSPS) is 23.9. The predicted molar refractivity (Wildman–Crippen MR) is 107 cm³/mol. The number of para-hydroxylation sites is 1. The molecule has 2 aromatic rings. The van der Waals surface area contributed by atoms with Gasteiger partial charge in [-0.05, 0) is 37.3 Å². The molecule has 4 atom stereocenters. The Hall–Kier alpha value is -2.21. The molecule has 27 heavy (non-hydrogen) atoms. The number of quaternary nitrogens is 1. The molecule has 1 heterocycles. The van der Waals surface area contributed by atoms with Crippen molar-refractivity contribution in [1.82, 2.24) is 15.3 Å². The third-order valence-corrected chi connectivity index (χ3v) is 6.04. The van der Waals surface area contributed by atoms with Gasteiger partial charge in [0.15, 0.2) is 12.4 Å². The predicted octanol–water partition coefficient (Wildman–Crippen LogP) is 1.27. The van der Waals surface area contributed by atoms with Crippen molar-refractivity contribution in [1.29, 1.82) is 0 Å². The number of fused-ring (bicyclic) bond motifs is 1. The van der Waals surface area contributed by atoms with E-state index in [0.717, 1.165) is 17.9 Å². The summed E-state index contributed by atoms with van der Waals surface area (Å²) in [5, 5.41) is 3.83. The zero-order chi connectivity index (χ0) is 19.4. The summed E-state index contributed by atoms with van der Waals surface area (Å²) in [6, 6.07) is 7.61. The standard InChI is InChI=1S/C21H30N4O2/c1-4-25(13-20(26)23-17-11-7-8-14(2)15(17)3)12-19-22-18-10-6-5-9-16(18)21(27)24-19/h5-6,9-10,14-15,17H,4,7-8,11-13H2,1-3H3,(H,23,26)(H,22,24,27)/p+1/t14-,15-,17+/m0/s1. The van der Waals surface area contributed by atoms with Gasteiger partial charge in [-0.3, -0.25) is 9.59 Å². The van der Waals surface area contributed by atoms with Gasteiger partial charge in [-0.1, -0.05) is 38.8 Å². The molecule has 0 aliphatic heterocycles. The summed E-state index contributed by atoms with van der Waals surface area (Å²) in [5.74, 6) is 1.89. The Morgan fingerprint density at radius 3 is 2.85 bits per heavy atom. The second-order valence-corrected chi connectivity index (χ2v) is 7.93. The van der Waals surface area contributed by atoms with E-state index in [2.05, 4.69) is 29.1 Å². The molecule has 0 radical (unpaired) electrons. The van der Waals surface area contributed by atoms with E-state index in [9.17, 15) is 9.59 Å². The largest absolute Gasteiger partial charge is 0.348 e. The number of hydrogen-bond donors (Lipinski definition) is 3. The van der Waals surface area contributed by atoms with Crippen LogP contribution in [0, 0.1) is 11.8 Å². The Morgan fingerprint density at radius 1 is 1.30 bits per heavy atom. The minimum atomic E-state index is -0.125. The van der Waals surface area contributed by atoms with Gasteiger partial charge in [0.25, 0.3) is 11.5 Å². The SMILES string of the molecule is CC[NH+](CC(=O)N[C@@H]1CCC[C@H](C)[C@@H]1C)Cc1nc2ccccc2c(=O)[nH]1. The number of hydrogen-bond acceptors (Lipinski definition) is 3. The maximum absolute atomic E-state index is 12.6. The number of rotatable bonds is 6. The van der Waals surface area contributed by atoms with Gasteiger partial charge < -0.3 is 15.2 Å². The van der Waals surface area contributed by atoms with Gasteiger partial charge in [0.1, 0.15) is 6.54 Å². The number of nitrogens with zero attached hydrogens (tertiary/aromatic N) is 1. The van der Waals surface area contributed by atoms with E-state index in [1.165, 1.54) is 12.8 Å². The highest BCUT2D eigenvalue weighted by Gasteiger charge is 2.29. The molecule has 1 aliphatic carbocycles. The Bertz CT molecular complexity index is 847. The number of carbonyl (C=O) groups is 1. The lowest BCUT2D eigenvalue weighted by Crippen LogP contribution is -3.11. The summed E-state index contributed by atoms with van der Waals surface area (Å²) in [6.45, 7) is 8.27. The van der Waals surface area contributed by atoms with E-state index >= 15 is 0 Å². The third-order valence-electron chi connectivity index (χ3n) is 6.04. The van der Waals surface area contributed by atoms with E-state index < -0.39 is 0 Å². The van der Waals surface area contributed by atoms with E-state index in [1.807, 2.05) is 25.1 Å². The molecular weight excluding hydrogens is 340 g/mol. The first kappa shape index (κ1) is 19.5. The van der Waals surface area contributed by atoms with Gasteiger partial charge >= 0.3 is 0 Å². The van der Waals surface area contributed by atoms with Crippen LogP contribution in [0.5, 0.6) is 0 Å². The van der Waals surface area contributed by atoms with Gasteiger partial charge in [-0.2, -0.15) is 0 Å². The molecule has 6 heteroatoms. The second-order valence-electron chi connectivity index (χ2n) is 7.93. The molecule has 1 fully saturated rings. The number of carbonyl (C=O) groups excluding carboxylic acids is 1. The Kier molecular flexibility index (Phi) is 6.26. The number of likely N-dealkylation sites (N-methyl/N-ethyl adjacent to an activating group) is 1. The van der Waals surface area contributed by atoms with Crippen LogP contribution in [0.3, 0.4) is 0 Å². The summed E-state index contributed by atoms with van der Waals surface area (Å²) in [4.78, 5) is 33.3. The molecule has 1 aromatic carbocycles. The van der Waals surface area contributed by atoms with Crippen LogP contribution < -0.4 is 15.8 Å². The van der Waals surface area contributed by atoms with E-state index in [-0.39, 0.29) is 17.5 Å². The molecule has 0 bridgehead atoms. The molecule has 3 N–H and O–H groups in total. The van der Waals surface area contributed by atoms with Crippen LogP contribution in [-0.2, 0) is 11.3 Å². The first-order chi connectivity index (χ1) is 13.0. The Morgan fingerprint density at radius 2 is 2.07 bits per heavy atom. The van der Waals surface area contributed by atoms with Crippen molar-refractivity contribution in [3.63, 3.8) is 0 Å². The van der Waals surface area contributed by atoms with E-state index in [1.54, 1.807) is 6.07 Å². The van der Waals surface area contributed by atoms with E-state index in [0.29, 0.717) is 41.7 Å². The fourth-order valence-corrected chi connectivity index (χ4v) is 4.04. The minimum Gasteiger partial charge on any atom is -0.348 e. The molecule has 146 valence electrons. The number of benzene rings is 1. The molecule has 0 saturated heterocycles. The lowest BCUT2D eigenvalue weighted by molar-refractivity contribution is -0.904. The molecule has 1 aromatic heterocycles. The number of amides is 1. The van der Waals surface area contributed by atoms with Crippen LogP contribution in [0.15, 0.2) is 29.1 Å². The molecule has 6 nitrogen and oxygen atoms in total. The van der Waals surface area contributed by atoms with Gasteiger partial charge in [-0.15, -0.1) is 0 Å². The summed E-state index contributed by atoms with van der Waals surface area (Å²) in [7, 11) is 0. The molecular formula is C21H31N4O2+. The lowest BCUT2D eigenvalue weighted by atomic mass is 9.78. The van der Waals surface area contributed by atoms with Gasteiger partial charge in [0, 0.05) is 6.04 Å². The minimum absolute atomic E-state index is 0.0842. The van der Waals surface area contributed by atoms with Crippen molar-refractivity contribution in [2.24, 2.45) is 11.8 Å². The molecule has 1 saturated carbocycles. The van der Waals surface area contributed by atoms with Crippen molar-refractivity contribution in [3.8, 4) is 0 Å². The Labute approximate surface area is 160 Å². The number of aromatic amines is 1. The first-order valence-corrected chi connectivity index (χ1v) is 10.1. The van der Waals surface area contributed by atoms with Crippen molar-refractivity contribution >= 4 is 16.8 Å². The monoisotopic (exact) mass is 371 g/mol. The van der Waals surface area contributed by atoms with Crippen LogP contribution in [0.4, 0.5) is 0 Å². The van der Waals surface area contributed by atoms with E-state index in [4.69, 9.17) is 0 Å². The lowest BCUT2D eigenvalue weighted by Gasteiger charge is -2.34. The maximum Gasteiger partial charge on any atom is 0.275 e. The Balaban J connectivity index is 1.63. The molecule has 1 amide bonds. The average molecular weight is 372 g/mol. The fraction of sp³-hybridized carbons (Fsp3) is 0.571. The van der Waals surface area contributed by atoms with Crippen LogP contribution in [0.25, 0.3) is 10.9 Å². The molecule has 1 aliphatic rings. The number of H-pyrrole nitrogens is 1. The highest BCUT2D eigenvalue weighted by molar-refractivity contribution is 5.77. The summed E-state index contributed by atoms with van der Waals surface area (Å²) >= 11 is 0. The zero-order valence-corrected chi connectivity index (χ0v) is 16.5. The zero-order valence-electron chi connectivity index (χ0n) is 16.5. The highest BCUT2D eigenvalue weighted by Crippen LogP contribution is 2.29. The van der Waals surface area contributed by atoms with Gasteiger partial charge in [-0.25, -0.2) is 4.98 Å². The van der Waals surface area contributed by atoms with Crippen molar-refractivity contribution in [2.75, 3.05) is 13.1 Å². The summed E-state index contributed by atoms with van der Waals surface area (Å²) in [6.07, 6.45) is 3.50. The van der Waals surface area contributed by atoms with Crippen LogP contribution >= 0.6 is 0 Å². The molecule has 1 unspecified atom stereocenters. The fourth-order valence-electron chi connectivity index (χ4n) is 4.04. The average Bonchev–Trinajstić information content (AvgIpc) is 2.65. The topological polar surface area (TPSA) is 79.3 Å². The highest BCUT2D eigenvalue weighted by atomic mass is 16.2. The first-order valence-electron chi connectivity index (χ1n) is 10.1. The van der Waals surface area contributed by atoms with Crippen LogP contribution in [0.2, 0.25) is 0 Å². The van der Waals surface area contributed by atoms with Crippen molar-refractivity contribution < 1.29 is 9.69 Å². The molecule has 0 spiro atoms. The quantitative estimate of drug-likeness (QED) is 0.715.